The normalized spacial score (nSPS) is 11.6. The molecule has 0 aliphatic heterocycles. The number of carbonyl (C=O) groups excluding carboxylic acids is 1. The van der Waals surface area contributed by atoms with Crippen LogP contribution in [0.5, 0.6) is 0 Å². The van der Waals surface area contributed by atoms with Crippen LogP contribution in [-0.2, 0) is 16.0 Å². The summed E-state index contributed by atoms with van der Waals surface area (Å²) in [7, 11) is 0. The SMILES string of the molecule is O=C(O)CCC(=O)c1cc2cc(F)c(/C=C\c3cc4cc(CCC(=O)O)sc4cc3F)cc2s1. The van der Waals surface area contributed by atoms with Crippen molar-refractivity contribution in [1.82, 2.24) is 0 Å². The van der Waals surface area contributed by atoms with E-state index in [1.807, 2.05) is 6.07 Å². The zero-order chi connectivity index (χ0) is 24.4. The summed E-state index contributed by atoms with van der Waals surface area (Å²) >= 11 is 2.50. The van der Waals surface area contributed by atoms with Crippen molar-refractivity contribution >= 4 is 72.7 Å². The summed E-state index contributed by atoms with van der Waals surface area (Å²) in [5, 5.41) is 18.9. The maximum absolute atomic E-state index is 14.6. The van der Waals surface area contributed by atoms with Gasteiger partial charge in [-0.25, -0.2) is 8.78 Å². The van der Waals surface area contributed by atoms with Gasteiger partial charge in [0.25, 0.3) is 0 Å². The van der Waals surface area contributed by atoms with Gasteiger partial charge in [0.15, 0.2) is 5.78 Å². The second-order valence-corrected chi connectivity index (χ2v) is 9.94. The van der Waals surface area contributed by atoms with Crippen LogP contribution in [0, 0.1) is 11.6 Å². The number of Topliss-reactive ketones (excluding diaryl/α,β-unsaturated/α-hetero) is 1. The maximum atomic E-state index is 14.6. The lowest BCUT2D eigenvalue weighted by atomic mass is 10.1. The van der Waals surface area contributed by atoms with Crippen LogP contribution in [0.1, 0.15) is 44.9 Å². The van der Waals surface area contributed by atoms with Gasteiger partial charge in [-0.3, -0.25) is 14.4 Å². The van der Waals surface area contributed by atoms with E-state index in [-0.39, 0.29) is 36.2 Å². The third-order valence-corrected chi connectivity index (χ3v) is 7.49. The zero-order valence-electron chi connectivity index (χ0n) is 17.6. The minimum atomic E-state index is -1.06. The number of thiophene rings is 2. The van der Waals surface area contributed by atoms with Gasteiger partial charge in [0.05, 0.1) is 17.7 Å². The lowest BCUT2D eigenvalue weighted by molar-refractivity contribution is -0.137. The number of carboxylic acids is 2. The van der Waals surface area contributed by atoms with Gasteiger partial charge in [0.1, 0.15) is 11.6 Å². The molecule has 0 saturated heterocycles. The van der Waals surface area contributed by atoms with Gasteiger partial charge in [0, 0.05) is 31.8 Å². The number of rotatable bonds is 9. The van der Waals surface area contributed by atoms with Crippen molar-refractivity contribution in [2.45, 2.75) is 25.7 Å². The van der Waals surface area contributed by atoms with Crippen LogP contribution in [0.2, 0.25) is 0 Å². The first-order valence-corrected chi connectivity index (χ1v) is 11.9. The van der Waals surface area contributed by atoms with Gasteiger partial charge in [-0.1, -0.05) is 12.2 Å². The number of carbonyl (C=O) groups is 3. The molecule has 5 nitrogen and oxygen atoms in total. The molecule has 2 aromatic heterocycles. The van der Waals surface area contributed by atoms with E-state index in [2.05, 4.69) is 0 Å². The molecule has 9 heteroatoms. The Balaban J connectivity index is 1.59. The number of hydrogen-bond donors (Lipinski definition) is 2. The van der Waals surface area contributed by atoms with Gasteiger partial charge in [0.2, 0.25) is 0 Å². The summed E-state index contributed by atoms with van der Waals surface area (Å²) in [4.78, 5) is 34.9. The van der Waals surface area contributed by atoms with Crippen molar-refractivity contribution in [2.75, 3.05) is 0 Å². The number of fused-ring (bicyclic) bond motifs is 2. The minimum absolute atomic E-state index is 0.000586. The van der Waals surface area contributed by atoms with Crippen LogP contribution in [0.4, 0.5) is 8.78 Å². The maximum Gasteiger partial charge on any atom is 0.303 e. The Kier molecular flexibility index (Phi) is 6.85. The van der Waals surface area contributed by atoms with Crippen molar-refractivity contribution in [3.05, 3.63) is 68.9 Å². The lowest BCUT2D eigenvalue weighted by Crippen LogP contribution is -2.01. The predicted octanol–water partition coefficient (Wildman–Crippen LogP) is 6.63. The highest BCUT2D eigenvalue weighted by Crippen LogP contribution is 2.32. The van der Waals surface area contributed by atoms with E-state index in [1.165, 1.54) is 35.6 Å². The highest BCUT2D eigenvalue weighted by atomic mass is 32.1. The molecular weight excluding hydrogens is 482 g/mol. The number of benzene rings is 2. The van der Waals surface area contributed by atoms with Crippen LogP contribution < -0.4 is 0 Å². The molecule has 0 aliphatic rings. The van der Waals surface area contributed by atoms with E-state index in [9.17, 15) is 23.2 Å². The number of hydrogen-bond acceptors (Lipinski definition) is 5. The van der Waals surface area contributed by atoms with Gasteiger partial charge in [-0.05, 0) is 53.6 Å². The fourth-order valence-corrected chi connectivity index (χ4v) is 5.61. The number of aryl methyl sites for hydroxylation is 1. The highest BCUT2D eigenvalue weighted by Gasteiger charge is 2.14. The topological polar surface area (TPSA) is 91.7 Å². The second kappa shape index (κ2) is 9.82. The van der Waals surface area contributed by atoms with Gasteiger partial charge in [-0.15, -0.1) is 22.7 Å². The average Bonchev–Trinajstić information content (AvgIpc) is 3.37. The molecule has 2 aromatic carbocycles. The van der Waals surface area contributed by atoms with Crippen LogP contribution in [-0.4, -0.2) is 27.9 Å². The molecule has 4 rings (SSSR count). The molecule has 0 spiro atoms. The first kappa shape index (κ1) is 23.7. The van der Waals surface area contributed by atoms with Crippen LogP contribution >= 0.6 is 22.7 Å². The molecule has 0 bridgehead atoms. The monoisotopic (exact) mass is 500 g/mol. The molecule has 4 aromatic rings. The summed E-state index contributed by atoms with van der Waals surface area (Å²) in [5.74, 6) is -3.26. The molecule has 0 unspecified atom stereocenters. The molecule has 0 atom stereocenters. The fraction of sp³-hybridized carbons (Fsp3) is 0.160. The third kappa shape index (κ3) is 5.37. The summed E-state index contributed by atoms with van der Waals surface area (Å²) in [6, 6.07) is 9.28. The van der Waals surface area contributed by atoms with Crippen molar-refractivity contribution in [3.8, 4) is 0 Å². The van der Waals surface area contributed by atoms with Crippen LogP contribution in [0.15, 0.2) is 36.4 Å². The van der Waals surface area contributed by atoms with E-state index >= 15 is 0 Å². The Morgan fingerprint density at radius 3 is 2.06 bits per heavy atom. The van der Waals surface area contributed by atoms with E-state index in [4.69, 9.17) is 10.2 Å². The van der Waals surface area contributed by atoms with Crippen molar-refractivity contribution in [1.29, 1.82) is 0 Å². The van der Waals surface area contributed by atoms with Crippen LogP contribution in [0.25, 0.3) is 32.3 Å². The number of aliphatic carboxylic acids is 2. The van der Waals surface area contributed by atoms with Crippen LogP contribution in [0.3, 0.4) is 0 Å². The Morgan fingerprint density at radius 1 is 0.735 bits per heavy atom. The Morgan fingerprint density at radius 2 is 1.35 bits per heavy atom. The van der Waals surface area contributed by atoms with Crippen molar-refractivity contribution < 1.29 is 33.4 Å². The van der Waals surface area contributed by atoms with E-state index in [1.54, 1.807) is 18.2 Å². The fourth-order valence-electron chi connectivity index (χ4n) is 3.48. The van der Waals surface area contributed by atoms with Crippen molar-refractivity contribution in [2.24, 2.45) is 0 Å². The standard InChI is InChI=1S/C25H18F2O5S2/c26-18-9-16-11-23(20(28)4-6-25(31)32)34-21(16)10-14(18)2-1-13-7-15-8-17(3-5-24(29)30)33-22(15)12-19(13)27/h1-2,7-12H,3-6H2,(H,29,30)(H,31,32)/b2-1-. The quantitative estimate of drug-likeness (QED) is 0.199. The van der Waals surface area contributed by atoms with Crippen molar-refractivity contribution in [3.63, 3.8) is 0 Å². The van der Waals surface area contributed by atoms with Gasteiger partial charge in [-0.2, -0.15) is 0 Å². The Labute approximate surface area is 200 Å². The average molecular weight is 501 g/mol. The minimum Gasteiger partial charge on any atom is -0.481 e. The predicted molar refractivity (Wildman–Crippen MR) is 130 cm³/mol. The molecule has 0 radical (unpaired) electrons. The Bertz CT molecular complexity index is 1470. The molecule has 0 saturated carbocycles. The number of ketones is 1. The molecule has 0 fully saturated rings. The molecule has 0 amide bonds. The number of carboxylic acid groups (broad SMARTS) is 2. The zero-order valence-corrected chi connectivity index (χ0v) is 19.3. The molecule has 2 N–H and O–H groups in total. The van der Waals surface area contributed by atoms with E-state index in [0.29, 0.717) is 26.1 Å². The summed E-state index contributed by atoms with van der Waals surface area (Å²) in [6.45, 7) is 0. The highest BCUT2D eigenvalue weighted by molar-refractivity contribution is 7.20. The van der Waals surface area contributed by atoms with E-state index < -0.39 is 23.6 Å². The molecule has 2 heterocycles. The van der Waals surface area contributed by atoms with Gasteiger partial charge >= 0.3 is 11.9 Å². The molecule has 34 heavy (non-hydrogen) atoms. The largest absolute Gasteiger partial charge is 0.481 e. The van der Waals surface area contributed by atoms with E-state index in [0.717, 1.165) is 21.6 Å². The molecule has 174 valence electrons. The lowest BCUT2D eigenvalue weighted by Gasteiger charge is -2.00. The third-order valence-electron chi connectivity index (χ3n) is 5.19. The molecule has 0 aliphatic carbocycles. The summed E-state index contributed by atoms with van der Waals surface area (Å²) in [6.07, 6.45) is 2.91. The molecular formula is C25H18F2O5S2. The van der Waals surface area contributed by atoms with Gasteiger partial charge < -0.3 is 10.2 Å². The smallest absolute Gasteiger partial charge is 0.303 e. The number of halogens is 2. The first-order valence-electron chi connectivity index (χ1n) is 10.3. The first-order chi connectivity index (χ1) is 16.2. The second-order valence-electron chi connectivity index (χ2n) is 7.69. The summed E-state index contributed by atoms with van der Waals surface area (Å²) in [5.41, 5.74) is 0.496. The summed E-state index contributed by atoms with van der Waals surface area (Å²) < 4.78 is 30.6. The Hall–Kier alpha value is -3.43.